The van der Waals surface area contributed by atoms with Gasteiger partial charge in [0, 0.05) is 10.1 Å². The van der Waals surface area contributed by atoms with Crippen molar-refractivity contribution in [2.24, 2.45) is 0 Å². The number of hydrogen-bond donors (Lipinski definition) is 1. The van der Waals surface area contributed by atoms with Gasteiger partial charge in [-0.3, -0.25) is 0 Å². The second kappa shape index (κ2) is 5.22. The fourth-order valence-electron chi connectivity index (χ4n) is 0.990. The zero-order valence-corrected chi connectivity index (χ0v) is 8.97. The maximum Gasteiger partial charge on any atom is 0.166 e. The summed E-state index contributed by atoms with van der Waals surface area (Å²) in [6, 6.07) is 4.77. The first kappa shape index (κ1) is 11.3. The summed E-state index contributed by atoms with van der Waals surface area (Å²) in [7, 11) is 1.43. The Morgan fingerprint density at radius 3 is 2.79 bits per heavy atom. The van der Waals surface area contributed by atoms with Crippen LogP contribution in [0.25, 0.3) is 0 Å². The number of aliphatic hydroxyl groups is 1. The Kier molecular flexibility index (Phi) is 4.22. The van der Waals surface area contributed by atoms with Crippen LogP contribution in [0.4, 0.5) is 4.39 Å². The van der Waals surface area contributed by atoms with Crippen LogP contribution in [-0.2, 0) is 0 Å². The summed E-state index contributed by atoms with van der Waals surface area (Å²) in [6.45, 7) is 1.96. The molecule has 1 rings (SSSR count). The fraction of sp³-hybridized carbons (Fsp3) is 0.400. The van der Waals surface area contributed by atoms with E-state index < -0.39 is 0 Å². The van der Waals surface area contributed by atoms with Crippen LogP contribution in [0.3, 0.4) is 0 Å². The first-order chi connectivity index (χ1) is 6.67. The number of rotatable bonds is 4. The first-order valence-corrected chi connectivity index (χ1v) is 5.16. The highest BCUT2D eigenvalue weighted by Gasteiger charge is 2.06. The largest absolute Gasteiger partial charge is 0.494 e. The fourth-order valence-corrected chi connectivity index (χ4v) is 1.85. The molecule has 0 heterocycles. The lowest BCUT2D eigenvalue weighted by Crippen LogP contribution is -2.01. The number of benzene rings is 1. The number of halogens is 1. The second-order valence-electron chi connectivity index (χ2n) is 2.91. The van der Waals surface area contributed by atoms with Crippen LogP contribution in [0.15, 0.2) is 23.1 Å². The highest BCUT2D eigenvalue weighted by Crippen LogP contribution is 2.27. The lowest BCUT2D eigenvalue weighted by molar-refractivity contribution is 0.300. The van der Waals surface area contributed by atoms with E-state index >= 15 is 0 Å². The zero-order chi connectivity index (χ0) is 10.6. The van der Waals surface area contributed by atoms with E-state index in [1.54, 1.807) is 12.1 Å². The average Bonchev–Trinajstić information content (AvgIpc) is 2.18. The van der Waals surface area contributed by atoms with Gasteiger partial charge in [-0.15, -0.1) is 11.8 Å². The van der Waals surface area contributed by atoms with Crippen LogP contribution in [-0.4, -0.2) is 24.1 Å². The van der Waals surface area contributed by atoms with Crippen molar-refractivity contribution < 1.29 is 14.2 Å². The second-order valence-corrected chi connectivity index (χ2v) is 4.42. The number of hydrogen-bond acceptors (Lipinski definition) is 3. The molecule has 0 aromatic heterocycles. The van der Waals surface area contributed by atoms with Crippen molar-refractivity contribution in [1.82, 2.24) is 0 Å². The molecule has 0 amide bonds. The van der Waals surface area contributed by atoms with E-state index in [0.717, 1.165) is 4.90 Å². The molecule has 0 fully saturated rings. The molecule has 0 bridgehead atoms. The van der Waals surface area contributed by atoms with Crippen molar-refractivity contribution in [3.63, 3.8) is 0 Å². The van der Waals surface area contributed by atoms with Gasteiger partial charge < -0.3 is 9.84 Å². The van der Waals surface area contributed by atoms with E-state index in [1.807, 2.05) is 6.92 Å². The standard InChI is InChI=1S/C10H13FO2S/c1-7(6-12)14-8-3-4-10(13-2)9(11)5-8/h3-5,7,12H,6H2,1-2H3. The molecule has 0 spiro atoms. The van der Waals surface area contributed by atoms with Crippen LogP contribution in [0.2, 0.25) is 0 Å². The molecule has 0 aliphatic carbocycles. The summed E-state index contributed by atoms with van der Waals surface area (Å²) >= 11 is 1.43. The van der Waals surface area contributed by atoms with E-state index in [0.29, 0.717) is 0 Å². The zero-order valence-electron chi connectivity index (χ0n) is 8.16. The SMILES string of the molecule is COc1ccc(SC(C)CO)cc1F. The van der Waals surface area contributed by atoms with E-state index in [9.17, 15) is 4.39 Å². The van der Waals surface area contributed by atoms with Crippen LogP contribution in [0.5, 0.6) is 5.75 Å². The molecule has 0 aliphatic rings. The summed E-state index contributed by atoms with van der Waals surface area (Å²) in [5.41, 5.74) is 0. The van der Waals surface area contributed by atoms with Crippen molar-refractivity contribution >= 4 is 11.8 Å². The highest BCUT2D eigenvalue weighted by molar-refractivity contribution is 8.00. The molecular weight excluding hydrogens is 203 g/mol. The van der Waals surface area contributed by atoms with E-state index in [2.05, 4.69) is 0 Å². The smallest absolute Gasteiger partial charge is 0.166 e. The first-order valence-electron chi connectivity index (χ1n) is 4.28. The van der Waals surface area contributed by atoms with Crippen LogP contribution < -0.4 is 4.74 Å². The lowest BCUT2D eigenvalue weighted by atomic mass is 10.3. The Bertz CT molecular complexity index is 304. The Morgan fingerprint density at radius 2 is 2.29 bits per heavy atom. The third-order valence-corrected chi connectivity index (χ3v) is 2.80. The van der Waals surface area contributed by atoms with Crippen molar-refractivity contribution in [3.05, 3.63) is 24.0 Å². The third-order valence-electron chi connectivity index (χ3n) is 1.72. The minimum atomic E-state index is -0.373. The number of methoxy groups -OCH3 is 1. The Morgan fingerprint density at radius 1 is 1.57 bits per heavy atom. The Balaban J connectivity index is 2.76. The molecule has 1 aromatic rings. The molecule has 0 aliphatic heterocycles. The van der Waals surface area contributed by atoms with Crippen LogP contribution in [0, 0.1) is 5.82 Å². The summed E-state index contributed by atoms with van der Waals surface area (Å²) in [5, 5.41) is 8.90. The van der Waals surface area contributed by atoms with Gasteiger partial charge in [0.25, 0.3) is 0 Å². The molecule has 0 radical (unpaired) electrons. The molecule has 78 valence electrons. The Labute approximate surface area is 87.1 Å². The van der Waals surface area contributed by atoms with Crippen molar-refractivity contribution in [3.8, 4) is 5.75 Å². The third kappa shape index (κ3) is 2.89. The predicted molar refractivity (Wildman–Crippen MR) is 55.4 cm³/mol. The van der Waals surface area contributed by atoms with Crippen LogP contribution >= 0.6 is 11.8 Å². The summed E-state index contributed by atoms with van der Waals surface area (Å²) < 4.78 is 18.0. The van der Waals surface area contributed by atoms with Gasteiger partial charge in [-0.1, -0.05) is 6.92 Å². The summed E-state index contributed by atoms with van der Waals surface area (Å²) in [6.07, 6.45) is 0. The molecule has 0 saturated carbocycles. The van der Waals surface area contributed by atoms with Crippen LogP contribution in [0.1, 0.15) is 6.92 Å². The normalized spacial score (nSPS) is 12.6. The van der Waals surface area contributed by atoms with E-state index in [1.165, 1.54) is 24.9 Å². The molecule has 0 saturated heterocycles. The average molecular weight is 216 g/mol. The predicted octanol–water partition coefficient (Wildman–Crippen LogP) is 2.31. The Hall–Kier alpha value is -0.740. The van der Waals surface area contributed by atoms with Gasteiger partial charge in [0.05, 0.1) is 13.7 Å². The highest BCUT2D eigenvalue weighted by atomic mass is 32.2. The van der Waals surface area contributed by atoms with Gasteiger partial charge >= 0.3 is 0 Å². The van der Waals surface area contributed by atoms with Gasteiger partial charge in [-0.05, 0) is 18.2 Å². The van der Waals surface area contributed by atoms with Gasteiger partial charge in [-0.2, -0.15) is 0 Å². The minimum absolute atomic E-state index is 0.0720. The minimum Gasteiger partial charge on any atom is -0.494 e. The molecular formula is C10H13FO2S. The maximum atomic E-state index is 13.2. The van der Waals surface area contributed by atoms with Gasteiger partial charge in [-0.25, -0.2) is 4.39 Å². The number of aliphatic hydroxyl groups excluding tert-OH is 1. The molecule has 1 unspecified atom stereocenters. The maximum absolute atomic E-state index is 13.2. The topological polar surface area (TPSA) is 29.5 Å². The summed E-state index contributed by atoms with van der Waals surface area (Å²) in [5.74, 6) is -0.131. The molecule has 4 heteroatoms. The molecule has 1 aromatic carbocycles. The summed E-state index contributed by atoms with van der Waals surface area (Å²) in [4.78, 5) is 0.796. The monoisotopic (exact) mass is 216 g/mol. The van der Waals surface area contributed by atoms with Gasteiger partial charge in [0.15, 0.2) is 11.6 Å². The van der Waals surface area contributed by atoms with Gasteiger partial charge in [0.1, 0.15) is 0 Å². The van der Waals surface area contributed by atoms with Crippen molar-refractivity contribution in [1.29, 1.82) is 0 Å². The number of thioether (sulfide) groups is 1. The lowest BCUT2D eigenvalue weighted by Gasteiger charge is -2.08. The van der Waals surface area contributed by atoms with E-state index in [-0.39, 0.29) is 23.4 Å². The van der Waals surface area contributed by atoms with Crippen molar-refractivity contribution in [2.45, 2.75) is 17.1 Å². The number of ether oxygens (including phenoxy) is 1. The molecule has 14 heavy (non-hydrogen) atoms. The van der Waals surface area contributed by atoms with E-state index in [4.69, 9.17) is 9.84 Å². The van der Waals surface area contributed by atoms with Crippen molar-refractivity contribution in [2.75, 3.05) is 13.7 Å². The molecule has 1 N–H and O–H groups in total. The molecule has 1 atom stereocenters. The quantitative estimate of drug-likeness (QED) is 0.783. The molecule has 2 nitrogen and oxygen atoms in total. The van der Waals surface area contributed by atoms with Gasteiger partial charge in [0.2, 0.25) is 0 Å².